The highest BCUT2D eigenvalue weighted by molar-refractivity contribution is 5.77. The number of esters is 1. The van der Waals surface area contributed by atoms with Crippen molar-refractivity contribution >= 4 is 5.97 Å². The van der Waals surface area contributed by atoms with Gasteiger partial charge in [0.2, 0.25) is 0 Å². The lowest BCUT2D eigenvalue weighted by Gasteiger charge is -2.29. The van der Waals surface area contributed by atoms with Crippen LogP contribution in [0.2, 0.25) is 0 Å². The van der Waals surface area contributed by atoms with Gasteiger partial charge in [0, 0.05) is 17.7 Å². The standard InChI is InChI=1S/C12H15F2NO3/c1-12(2,11(17)18-3)10(15)9-7(14)4-6(13)5-8(9)16/h4-5,10,16H,15H2,1-3H3/t10-/m0/s1. The lowest BCUT2D eigenvalue weighted by atomic mass is 9.80. The van der Waals surface area contributed by atoms with Crippen molar-refractivity contribution in [3.8, 4) is 5.75 Å². The number of methoxy groups -OCH3 is 1. The number of phenols is 1. The lowest BCUT2D eigenvalue weighted by Crippen LogP contribution is -2.38. The molecular formula is C12H15F2NO3. The third kappa shape index (κ3) is 2.43. The first-order chi connectivity index (χ1) is 8.21. The van der Waals surface area contributed by atoms with Gasteiger partial charge >= 0.3 is 5.97 Å². The maximum atomic E-state index is 13.6. The molecule has 0 heterocycles. The van der Waals surface area contributed by atoms with Crippen LogP contribution in [0.15, 0.2) is 12.1 Å². The van der Waals surface area contributed by atoms with Crippen molar-refractivity contribution in [3.05, 3.63) is 29.3 Å². The van der Waals surface area contributed by atoms with Gasteiger partial charge in [0.1, 0.15) is 17.4 Å². The molecular weight excluding hydrogens is 244 g/mol. The minimum atomic E-state index is -1.26. The van der Waals surface area contributed by atoms with Gasteiger partial charge in [-0.05, 0) is 13.8 Å². The number of nitrogens with two attached hydrogens (primary N) is 1. The summed E-state index contributed by atoms with van der Waals surface area (Å²) >= 11 is 0. The Bertz CT molecular complexity index is 451. The zero-order valence-corrected chi connectivity index (χ0v) is 10.3. The first kappa shape index (κ1) is 14.4. The highest BCUT2D eigenvalue weighted by Gasteiger charge is 2.39. The Morgan fingerprint density at radius 3 is 2.44 bits per heavy atom. The van der Waals surface area contributed by atoms with E-state index >= 15 is 0 Å². The lowest BCUT2D eigenvalue weighted by molar-refractivity contribution is -0.152. The molecule has 0 aromatic heterocycles. The van der Waals surface area contributed by atoms with Crippen molar-refractivity contribution in [2.24, 2.45) is 11.1 Å². The summed E-state index contributed by atoms with van der Waals surface area (Å²) in [6, 6.07) is 0.180. The Morgan fingerprint density at radius 1 is 1.44 bits per heavy atom. The number of carbonyl (C=O) groups is 1. The molecule has 0 amide bonds. The van der Waals surface area contributed by atoms with Gasteiger partial charge in [-0.1, -0.05) is 0 Å². The number of benzene rings is 1. The molecule has 1 rings (SSSR count). The van der Waals surface area contributed by atoms with E-state index in [0.29, 0.717) is 6.07 Å². The topological polar surface area (TPSA) is 72.5 Å². The molecule has 18 heavy (non-hydrogen) atoms. The SMILES string of the molecule is COC(=O)C(C)(C)[C@@H](N)c1c(O)cc(F)cc1F. The minimum Gasteiger partial charge on any atom is -0.507 e. The summed E-state index contributed by atoms with van der Waals surface area (Å²) in [4.78, 5) is 11.6. The zero-order chi connectivity index (χ0) is 14.1. The number of halogens is 2. The molecule has 1 aromatic rings. The van der Waals surface area contributed by atoms with Gasteiger partial charge in [-0.25, -0.2) is 8.78 Å². The summed E-state index contributed by atoms with van der Waals surface area (Å²) in [5.74, 6) is -3.20. The van der Waals surface area contributed by atoms with Gasteiger partial charge in [0.25, 0.3) is 0 Å². The third-order valence-electron chi connectivity index (χ3n) is 2.87. The van der Waals surface area contributed by atoms with Crippen LogP contribution >= 0.6 is 0 Å². The van der Waals surface area contributed by atoms with Crippen molar-refractivity contribution in [2.75, 3.05) is 7.11 Å². The second-order valence-corrected chi connectivity index (χ2v) is 4.51. The molecule has 0 fully saturated rings. The number of carbonyl (C=O) groups excluding carboxylic acids is 1. The van der Waals surface area contributed by atoms with E-state index in [9.17, 15) is 18.7 Å². The Hall–Kier alpha value is -1.69. The highest BCUT2D eigenvalue weighted by atomic mass is 19.1. The van der Waals surface area contributed by atoms with Gasteiger partial charge in [0.05, 0.1) is 18.6 Å². The van der Waals surface area contributed by atoms with Crippen LogP contribution in [-0.4, -0.2) is 18.2 Å². The molecule has 0 saturated heterocycles. The van der Waals surface area contributed by atoms with Crippen LogP contribution in [0.1, 0.15) is 25.5 Å². The number of ether oxygens (including phenoxy) is 1. The van der Waals surface area contributed by atoms with Gasteiger partial charge in [0.15, 0.2) is 0 Å². The van der Waals surface area contributed by atoms with Crippen LogP contribution in [0.4, 0.5) is 8.78 Å². The Labute approximate surface area is 103 Å². The first-order valence-electron chi connectivity index (χ1n) is 5.23. The summed E-state index contributed by atoms with van der Waals surface area (Å²) < 4.78 is 31.1. The fourth-order valence-corrected chi connectivity index (χ4v) is 1.63. The average molecular weight is 259 g/mol. The van der Waals surface area contributed by atoms with Crippen molar-refractivity contribution < 1.29 is 23.4 Å². The average Bonchev–Trinajstić information content (AvgIpc) is 2.26. The summed E-state index contributed by atoms with van der Waals surface area (Å²) in [7, 11) is 1.18. The number of hydrogen-bond donors (Lipinski definition) is 2. The first-order valence-corrected chi connectivity index (χ1v) is 5.23. The van der Waals surface area contributed by atoms with Crippen LogP contribution in [0.25, 0.3) is 0 Å². The van der Waals surface area contributed by atoms with E-state index in [1.54, 1.807) is 0 Å². The molecule has 0 unspecified atom stereocenters. The summed E-state index contributed by atoms with van der Waals surface area (Å²) in [6.07, 6.45) is 0. The molecule has 0 aliphatic heterocycles. The maximum absolute atomic E-state index is 13.6. The Balaban J connectivity index is 3.27. The fourth-order valence-electron chi connectivity index (χ4n) is 1.63. The molecule has 1 aromatic carbocycles. The normalized spacial score (nSPS) is 13.2. The molecule has 0 bridgehead atoms. The highest BCUT2D eigenvalue weighted by Crippen LogP contribution is 2.38. The number of phenolic OH excluding ortho intramolecular Hbond substituents is 1. The Morgan fingerprint density at radius 2 is 2.00 bits per heavy atom. The van der Waals surface area contributed by atoms with Crippen LogP contribution in [0.5, 0.6) is 5.75 Å². The van der Waals surface area contributed by atoms with E-state index in [1.165, 1.54) is 21.0 Å². The zero-order valence-electron chi connectivity index (χ0n) is 10.3. The molecule has 4 nitrogen and oxygen atoms in total. The molecule has 3 N–H and O–H groups in total. The van der Waals surface area contributed by atoms with Crippen LogP contribution in [0, 0.1) is 17.0 Å². The molecule has 0 aliphatic rings. The van der Waals surface area contributed by atoms with Crippen LogP contribution in [-0.2, 0) is 9.53 Å². The predicted molar refractivity (Wildman–Crippen MR) is 60.7 cm³/mol. The molecule has 0 aliphatic carbocycles. The fraction of sp³-hybridized carbons (Fsp3) is 0.417. The monoisotopic (exact) mass is 259 g/mol. The number of aromatic hydroxyl groups is 1. The Kier molecular flexibility index (Phi) is 3.91. The summed E-state index contributed by atoms with van der Waals surface area (Å²) in [5, 5.41) is 9.55. The van der Waals surface area contributed by atoms with Crippen molar-refractivity contribution in [3.63, 3.8) is 0 Å². The van der Waals surface area contributed by atoms with Crippen LogP contribution < -0.4 is 5.73 Å². The van der Waals surface area contributed by atoms with Gasteiger partial charge in [-0.2, -0.15) is 0 Å². The van der Waals surface area contributed by atoms with E-state index in [2.05, 4.69) is 4.74 Å². The van der Waals surface area contributed by atoms with Crippen molar-refractivity contribution in [2.45, 2.75) is 19.9 Å². The largest absolute Gasteiger partial charge is 0.507 e. The molecule has 0 saturated carbocycles. The summed E-state index contributed by atoms with van der Waals surface area (Å²) in [5.41, 5.74) is 4.21. The molecule has 0 spiro atoms. The van der Waals surface area contributed by atoms with Gasteiger partial charge in [-0.15, -0.1) is 0 Å². The van der Waals surface area contributed by atoms with Crippen molar-refractivity contribution in [1.29, 1.82) is 0 Å². The number of hydrogen-bond acceptors (Lipinski definition) is 4. The molecule has 0 radical (unpaired) electrons. The molecule has 6 heteroatoms. The van der Waals surface area contributed by atoms with E-state index in [-0.39, 0.29) is 5.56 Å². The van der Waals surface area contributed by atoms with Gasteiger partial charge < -0.3 is 15.6 Å². The quantitative estimate of drug-likeness (QED) is 0.813. The van der Waals surface area contributed by atoms with Crippen molar-refractivity contribution in [1.82, 2.24) is 0 Å². The van der Waals surface area contributed by atoms with E-state index in [1.807, 2.05) is 0 Å². The predicted octanol–water partition coefficient (Wildman–Crippen LogP) is 1.87. The van der Waals surface area contributed by atoms with Gasteiger partial charge in [-0.3, -0.25) is 4.79 Å². The second kappa shape index (κ2) is 4.89. The van der Waals surface area contributed by atoms with Crippen LogP contribution in [0.3, 0.4) is 0 Å². The van der Waals surface area contributed by atoms with E-state index in [0.717, 1.165) is 6.07 Å². The molecule has 100 valence electrons. The third-order valence-corrected chi connectivity index (χ3v) is 2.87. The second-order valence-electron chi connectivity index (χ2n) is 4.51. The maximum Gasteiger partial charge on any atom is 0.313 e. The van der Waals surface area contributed by atoms with E-state index in [4.69, 9.17) is 5.73 Å². The minimum absolute atomic E-state index is 0.313. The summed E-state index contributed by atoms with van der Waals surface area (Å²) in [6.45, 7) is 2.90. The molecule has 1 atom stereocenters. The smallest absolute Gasteiger partial charge is 0.313 e. The number of rotatable bonds is 3. The van der Waals surface area contributed by atoms with E-state index < -0.39 is 34.8 Å².